The van der Waals surface area contributed by atoms with Crippen LogP contribution < -0.4 is 10.1 Å². The van der Waals surface area contributed by atoms with Gasteiger partial charge in [0.05, 0.1) is 10.4 Å². The quantitative estimate of drug-likeness (QED) is 0.876. The van der Waals surface area contributed by atoms with Gasteiger partial charge in [-0.25, -0.2) is 0 Å². The average molecular weight is 276 g/mol. The molecule has 0 saturated carbocycles. The molecule has 0 aliphatic heterocycles. The second kappa shape index (κ2) is 6.68. The molecule has 0 spiro atoms. The van der Waals surface area contributed by atoms with Crippen LogP contribution in [0.2, 0.25) is 0 Å². The van der Waals surface area contributed by atoms with Gasteiger partial charge in [-0.2, -0.15) is 0 Å². The molecule has 2 rings (SSSR count). The van der Waals surface area contributed by atoms with Crippen molar-refractivity contribution in [2.75, 3.05) is 0 Å². The second-order valence-corrected chi connectivity index (χ2v) is 5.87. The van der Waals surface area contributed by atoms with E-state index in [9.17, 15) is 0 Å². The zero-order valence-electron chi connectivity index (χ0n) is 11.6. The van der Waals surface area contributed by atoms with Crippen LogP contribution in [0.15, 0.2) is 29.9 Å². The Morgan fingerprint density at radius 3 is 2.89 bits per heavy atom. The molecule has 0 aliphatic rings. The molecule has 0 saturated heterocycles. The van der Waals surface area contributed by atoms with E-state index in [0.717, 1.165) is 17.2 Å². The van der Waals surface area contributed by atoms with Crippen molar-refractivity contribution in [2.45, 2.75) is 40.0 Å². The van der Waals surface area contributed by atoms with Crippen LogP contribution in [-0.2, 0) is 13.2 Å². The highest BCUT2D eigenvalue weighted by Crippen LogP contribution is 2.22. The minimum absolute atomic E-state index is 0.467. The lowest BCUT2D eigenvalue weighted by Gasteiger charge is -2.14. The van der Waals surface area contributed by atoms with Gasteiger partial charge >= 0.3 is 0 Å². The summed E-state index contributed by atoms with van der Waals surface area (Å²) >= 11 is 1.62. The molecule has 0 amide bonds. The van der Waals surface area contributed by atoms with Crippen molar-refractivity contribution < 1.29 is 4.74 Å². The molecule has 3 nitrogen and oxygen atoms in total. The number of hydrogen-bond donors (Lipinski definition) is 1. The molecule has 1 aromatic carbocycles. The SMILES string of the molecule is Cc1ccc(OCc2cncs2)c(CNC(C)C)c1. The van der Waals surface area contributed by atoms with Crippen LogP contribution in [0.5, 0.6) is 5.75 Å². The summed E-state index contributed by atoms with van der Waals surface area (Å²) in [7, 11) is 0. The van der Waals surface area contributed by atoms with E-state index in [4.69, 9.17) is 4.74 Å². The molecular formula is C15H20N2OS. The van der Waals surface area contributed by atoms with E-state index in [-0.39, 0.29) is 0 Å². The fourth-order valence-corrected chi connectivity index (χ4v) is 2.27. The lowest BCUT2D eigenvalue weighted by atomic mass is 10.1. The summed E-state index contributed by atoms with van der Waals surface area (Å²) in [5, 5.41) is 3.43. The summed E-state index contributed by atoms with van der Waals surface area (Å²) in [4.78, 5) is 5.20. The smallest absolute Gasteiger partial charge is 0.124 e. The molecule has 19 heavy (non-hydrogen) atoms. The number of nitrogens with zero attached hydrogens (tertiary/aromatic N) is 1. The Kier molecular flexibility index (Phi) is 4.93. The number of aromatic nitrogens is 1. The summed E-state index contributed by atoms with van der Waals surface area (Å²) in [6, 6.07) is 6.78. The van der Waals surface area contributed by atoms with E-state index in [1.165, 1.54) is 11.1 Å². The first-order valence-corrected chi connectivity index (χ1v) is 7.36. The maximum Gasteiger partial charge on any atom is 0.124 e. The highest BCUT2D eigenvalue weighted by atomic mass is 32.1. The fraction of sp³-hybridized carbons (Fsp3) is 0.400. The van der Waals surface area contributed by atoms with Crippen molar-refractivity contribution in [2.24, 2.45) is 0 Å². The Balaban J connectivity index is 2.05. The van der Waals surface area contributed by atoms with Crippen LogP contribution in [0.25, 0.3) is 0 Å². The maximum atomic E-state index is 5.90. The van der Waals surface area contributed by atoms with Gasteiger partial charge in [-0.1, -0.05) is 31.5 Å². The van der Waals surface area contributed by atoms with Gasteiger partial charge in [-0.15, -0.1) is 11.3 Å². The molecule has 1 heterocycles. The van der Waals surface area contributed by atoms with Crippen molar-refractivity contribution in [3.8, 4) is 5.75 Å². The molecule has 2 aromatic rings. The first kappa shape index (κ1) is 14.0. The third kappa shape index (κ3) is 4.33. The summed E-state index contributed by atoms with van der Waals surface area (Å²) in [6.07, 6.45) is 1.85. The third-order valence-electron chi connectivity index (χ3n) is 2.77. The van der Waals surface area contributed by atoms with Gasteiger partial charge in [-0.05, 0) is 13.0 Å². The van der Waals surface area contributed by atoms with Gasteiger partial charge in [0.25, 0.3) is 0 Å². The van der Waals surface area contributed by atoms with E-state index < -0.39 is 0 Å². The first-order chi connectivity index (χ1) is 9.15. The van der Waals surface area contributed by atoms with E-state index in [1.54, 1.807) is 11.3 Å². The summed E-state index contributed by atoms with van der Waals surface area (Å²) in [5.41, 5.74) is 4.29. The summed E-state index contributed by atoms with van der Waals surface area (Å²) in [5.74, 6) is 0.951. The lowest BCUT2D eigenvalue weighted by molar-refractivity contribution is 0.305. The Morgan fingerprint density at radius 2 is 2.21 bits per heavy atom. The molecule has 4 heteroatoms. The van der Waals surface area contributed by atoms with Crippen molar-refractivity contribution in [3.63, 3.8) is 0 Å². The molecule has 1 aromatic heterocycles. The molecule has 0 aliphatic carbocycles. The van der Waals surface area contributed by atoms with Crippen LogP contribution in [-0.4, -0.2) is 11.0 Å². The monoisotopic (exact) mass is 276 g/mol. The van der Waals surface area contributed by atoms with Crippen LogP contribution in [0.4, 0.5) is 0 Å². The van der Waals surface area contributed by atoms with Crippen molar-refractivity contribution >= 4 is 11.3 Å². The van der Waals surface area contributed by atoms with Crippen molar-refractivity contribution in [1.82, 2.24) is 10.3 Å². The van der Waals surface area contributed by atoms with Gasteiger partial charge in [0.2, 0.25) is 0 Å². The summed E-state index contributed by atoms with van der Waals surface area (Å²) < 4.78 is 5.90. The minimum Gasteiger partial charge on any atom is -0.488 e. The Morgan fingerprint density at radius 1 is 1.37 bits per heavy atom. The van der Waals surface area contributed by atoms with Crippen LogP contribution in [0.1, 0.15) is 29.9 Å². The van der Waals surface area contributed by atoms with E-state index in [2.05, 4.69) is 43.2 Å². The van der Waals surface area contributed by atoms with Gasteiger partial charge in [0.1, 0.15) is 12.4 Å². The fourth-order valence-electron chi connectivity index (χ4n) is 1.76. The highest BCUT2D eigenvalue weighted by Gasteiger charge is 2.06. The number of rotatable bonds is 6. The average Bonchev–Trinajstić information content (AvgIpc) is 2.88. The Labute approximate surface area is 118 Å². The topological polar surface area (TPSA) is 34.1 Å². The molecule has 102 valence electrons. The molecule has 0 atom stereocenters. The zero-order chi connectivity index (χ0) is 13.7. The molecule has 1 N–H and O–H groups in total. The van der Waals surface area contributed by atoms with Gasteiger partial charge in [-0.3, -0.25) is 4.98 Å². The van der Waals surface area contributed by atoms with E-state index >= 15 is 0 Å². The molecule has 0 fully saturated rings. The predicted octanol–water partition coefficient (Wildman–Crippen LogP) is 3.53. The normalized spacial score (nSPS) is 10.9. The molecule has 0 unspecified atom stereocenters. The first-order valence-electron chi connectivity index (χ1n) is 6.48. The second-order valence-electron chi connectivity index (χ2n) is 4.90. The molecular weight excluding hydrogens is 256 g/mol. The Bertz CT molecular complexity index is 509. The zero-order valence-corrected chi connectivity index (χ0v) is 12.5. The number of benzene rings is 1. The third-order valence-corrected chi connectivity index (χ3v) is 3.52. The maximum absolute atomic E-state index is 5.90. The minimum atomic E-state index is 0.467. The predicted molar refractivity (Wildman–Crippen MR) is 79.6 cm³/mol. The number of aryl methyl sites for hydroxylation is 1. The standard InChI is InChI=1S/C15H20N2OS/c1-11(2)17-7-13-6-12(3)4-5-15(13)18-9-14-8-16-10-19-14/h4-6,8,10-11,17H,7,9H2,1-3H3. The number of ether oxygens (including phenoxy) is 1. The summed E-state index contributed by atoms with van der Waals surface area (Å²) in [6.45, 7) is 7.81. The van der Waals surface area contributed by atoms with Crippen LogP contribution in [0.3, 0.4) is 0 Å². The van der Waals surface area contributed by atoms with Crippen molar-refractivity contribution in [3.05, 3.63) is 45.9 Å². The van der Waals surface area contributed by atoms with Gasteiger partial charge in [0, 0.05) is 24.3 Å². The molecule has 0 radical (unpaired) electrons. The van der Waals surface area contributed by atoms with Crippen molar-refractivity contribution in [1.29, 1.82) is 0 Å². The number of thiazole rings is 1. The highest BCUT2D eigenvalue weighted by molar-refractivity contribution is 7.09. The lowest BCUT2D eigenvalue weighted by Crippen LogP contribution is -2.22. The molecule has 0 bridgehead atoms. The Hall–Kier alpha value is -1.39. The number of nitrogens with one attached hydrogen (secondary N) is 1. The number of hydrogen-bond acceptors (Lipinski definition) is 4. The largest absolute Gasteiger partial charge is 0.488 e. The van der Waals surface area contributed by atoms with Gasteiger partial charge in [0.15, 0.2) is 0 Å². The van der Waals surface area contributed by atoms with Crippen LogP contribution >= 0.6 is 11.3 Å². The van der Waals surface area contributed by atoms with E-state index in [1.807, 2.05) is 17.8 Å². The van der Waals surface area contributed by atoms with E-state index in [0.29, 0.717) is 12.6 Å². The van der Waals surface area contributed by atoms with Gasteiger partial charge < -0.3 is 10.1 Å². The van der Waals surface area contributed by atoms with Crippen LogP contribution in [0, 0.1) is 6.92 Å².